The van der Waals surface area contributed by atoms with E-state index in [0.717, 1.165) is 18.7 Å². The van der Waals surface area contributed by atoms with Crippen molar-refractivity contribution in [2.45, 2.75) is 13.5 Å². The molecule has 6 heteroatoms. The highest BCUT2D eigenvalue weighted by atomic mass is 16.4. The lowest BCUT2D eigenvalue weighted by molar-refractivity contribution is -0.902. The van der Waals surface area contributed by atoms with Crippen molar-refractivity contribution in [3.05, 3.63) is 48.5 Å². The predicted molar refractivity (Wildman–Crippen MR) is 75.6 cm³/mol. The molecule has 0 bridgehead atoms. The van der Waals surface area contributed by atoms with Crippen LogP contribution in [0.25, 0.3) is 0 Å². The summed E-state index contributed by atoms with van der Waals surface area (Å²) in [4.78, 5) is 23.2. The first kappa shape index (κ1) is 16.7. The van der Waals surface area contributed by atoms with Gasteiger partial charge in [-0.3, -0.25) is 4.79 Å². The molecule has 0 spiro atoms. The van der Waals surface area contributed by atoms with Crippen LogP contribution in [0.3, 0.4) is 0 Å². The van der Waals surface area contributed by atoms with Gasteiger partial charge in [-0.15, -0.1) is 0 Å². The zero-order valence-electron chi connectivity index (χ0n) is 12.1. The molecule has 1 aromatic rings. The highest BCUT2D eigenvalue weighted by molar-refractivity contribution is 5.93. The summed E-state index contributed by atoms with van der Waals surface area (Å²) in [5.74, 6) is -1.18. The number of aryl methyl sites for hydroxylation is 1. The Labute approximate surface area is 123 Å². The molecule has 0 unspecified atom stereocenters. The highest BCUT2D eigenvalue weighted by Crippen LogP contribution is 2.13. The van der Waals surface area contributed by atoms with Crippen LogP contribution in [0.1, 0.15) is 21.9 Å². The molecule has 0 aliphatic rings. The number of carboxylic acid groups (broad SMARTS) is 1. The minimum atomic E-state index is -1.35. The number of hydrogen-bond donors (Lipinski definition) is 2. The molecule has 1 heterocycles. The summed E-state index contributed by atoms with van der Waals surface area (Å²) in [6, 6.07) is 1.63. The second-order valence-corrected chi connectivity index (χ2v) is 4.66. The first-order valence-corrected chi connectivity index (χ1v) is 6.60. The maximum absolute atomic E-state index is 11.7. The number of carboxylic acids is 1. The van der Waals surface area contributed by atoms with E-state index < -0.39 is 18.4 Å². The Morgan fingerprint density at radius 1 is 1.38 bits per heavy atom. The maximum atomic E-state index is 11.7. The maximum Gasteiger partial charge on any atom is 0.287 e. The summed E-state index contributed by atoms with van der Waals surface area (Å²) < 4.78 is 5.38. The second kappa shape index (κ2) is 8.06. The van der Waals surface area contributed by atoms with E-state index in [0.29, 0.717) is 12.3 Å². The number of nitrogens with one attached hydrogen (secondary N) is 2. The van der Waals surface area contributed by atoms with Gasteiger partial charge in [-0.2, -0.15) is 0 Å². The summed E-state index contributed by atoms with van der Waals surface area (Å²) in [5.41, 5.74) is 0.896. The van der Waals surface area contributed by atoms with Gasteiger partial charge in [0.25, 0.3) is 5.91 Å². The Hall–Kier alpha value is -2.34. The van der Waals surface area contributed by atoms with Gasteiger partial charge in [-0.1, -0.05) is 13.2 Å². The molecule has 0 saturated carbocycles. The number of carbonyl (C=O) groups excluding carboxylic acids is 2. The molecule has 6 nitrogen and oxygen atoms in total. The van der Waals surface area contributed by atoms with Gasteiger partial charge in [0.1, 0.15) is 12.3 Å². The quantitative estimate of drug-likeness (QED) is 0.561. The molecule has 2 N–H and O–H groups in total. The minimum Gasteiger partial charge on any atom is -0.548 e. The van der Waals surface area contributed by atoms with E-state index in [-0.39, 0.29) is 5.76 Å². The molecule has 0 saturated heterocycles. The lowest BCUT2D eigenvalue weighted by Crippen LogP contribution is -3.10. The molecule has 0 radical (unpaired) electrons. The first-order chi connectivity index (χ1) is 9.97. The van der Waals surface area contributed by atoms with Crippen molar-refractivity contribution < 1.29 is 24.0 Å². The van der Waals surface area contributed by atoms with Crippen LogP contribution >= 0.6 is 0 Å². The summed E-state index contributed by atoms with van der Waals surface area (Å²) in [7, 11) is 0. The highest BCUT2D eigenvalue weighted by Gasteiger charge is 2.17. The molecular weight excluding hydrogens is 272 g/mol. The number of carbonyl (C=O) groups is 2. The lowest BCUT2D eigenvalue weighted by Gasteiger charge is -2.15. The number of amides is 1. The molecule has 0 aromatic carbocycles. The average Bonchev–Trinajstić information content (AvgIpc) is 2.78. The number of furan rings is 1. The molecule has 114 valence electrons. The molecule has 0 atom stereocenters. The fourth-order valence-corrected chi connectivity index (χ4v) is 1.95. The molecule has 0 aliphatic heterocycles. The van der Waals surface area contributed by atoms with Crippen LogP contribution < -0.4 is 15.3 Å². The van der Waals surface area contributed by atoms with Crippen LogP contribution in [0.4, 0.5) is 0 Å². The topological polar surface area (TPSA) is 86.8 Å². The third-order valence-electron chi connectivity index (χ3n) is 2.94. The molecule has 1 aromatic heterocycles. The van der Waals surface area contributed by atoms with Gasteiger partial charge in [0.2, 0.25) is 0 Å². The van der Waals surface area contributed by atoms with E-state index in [1.165, 1.54) is 4.90 Å². The third kappa shape index (κ3) is 5.27. The van der Waals surface area contributed by atoms with Gasteiger partial charge in [-0.05, 0) is 25.1 Å². The number of rotatable bonds is 9. The SMILES string of the molecule is C=CC[NH+](CC=C)Cc1cc(C(=O)NCC(=O)[O-])oc1C. The van der Waals surface area contributed by atoms with Crippen molar-refractivity contribution in [2.75, 3.05) is 19.6 Å². The Kier molecular flexibility index (Phi) is 6.42. The monoisotopic (exact) mass is 292 g/mol. The molecule has 0 aliphatic carbocycles. The standard InChI is InChI=1S/C15H20N2O4/c1-4-6-17(7-5-2)10-12-8-13(21-11(12)3)15(20)16-9-14(18)19/h4-5,8H,1-2,6-7,9-10H2,3H3,(H,16,20)(H,18,19). The number of hydrogen-bond acceptors (Lipinski definition) is 4. The molecular formula is C15H20N2O4. The van der Waals surface area contributed by atoms with Crippen LogP contribution in [-0.2, 0) is 11.3 Å². The van der Waals surface area contributed by atoms with Crippen molar-refractivity contribution in [1.82, 2.24) is 5.32 Å². The Bertz CT molecular complexity index is 524. The van der Waals surface area contributed by atoms with Crippen molar-refractivity contribution in [3.8, 4) is 0 Å². The summed E-state index contributed by atoms with van der Waals surface area (Å²) in [6.45, 7) is 10.9. The van der Waals surface area contributed by atoms with Crippen LogP contribution in [0, 0.1) is 6.92 Å². The summed E-state index contributed by atoms with van der Waals surface area (Å²) in [5, 5.41) is 12.5. The normalized spacial score (nSPS) is 10.4. The number of quaternary nitrogens is 1. The zero-order chi connectivity index (χ0) is 15.8. The van der Waals surface area contributed by atoms with Crippen LogP contribution in [0.15, 0.2) is 35.8 Å². The van der Waals surface area contributed by atoms with Crippen molar-refractivity contribution in [2.24, 2.45) is 0 Å². The third-order valence-corrected chi connectivity index (χ3v) is 2.94. The minimum absolute atomic E-state index is 0.0975. The average molecular weight is 292 g/mol. The van der Waals surface area contributed by atoms with E-state index in [1.807, 2.05) is 12.2 Å². The van der Waals surface area contributed by atoms with Gasteiger partial charge in [0, 0.05) is 5.56 Å². The van der Waals surface area contributed by atoms with E-state index in [9.17, 15) is 14.7 Å². The smallest absolute Gasteiger partial charge is 0.287 e. The Morgan fingerprint density at radius 2 is 2.00 bits per heavy atom. The molecule has 1 rings (SSSR count). The van der Waals surface area contributed by atoms with Crippen molar-refractivity contribution in [3.63, 3.8) is 0 Å². The Balaban J connectivity index is 2.76. The van der Waals surface area contributed by atoms with Crippen LogP contribution in [0.5, 0.6) is 0 Å². The van der Waals surface area contributed by atoms with Gasteiger partial charge in [0.15, 0.2) is 5.76 Å². The van der Waals surface area contributed by atoms with Crippen molar-refractivity contribution in [1.29, 1.82) is 0 Å². The molecule has 21 heavy (non-hydrogen) atoms. The molecule has 1 amide bonds. The van der Waals surface area contributed by atoms with Crippen LogP contribution in [-0.4, -0.2) is 31.5 Å². The fourth-order valence-electron chi connectivity index (χ4n) is 1.95. The van der Waals surface area contributed by atoms with Gasteiger partial charge in [-0.25, -0.2) is 0 Å². The number of aliphatic carboxylic acids is 1. The molecule has 0 fully saturated rings. The lowest BCUT2D eigenvalue weighted by atomic mass is 10.2. The van der Waals surface area contributed by atoms with E-state index in [4.69, 9.17) is 4.42 Å². The second-order valence-electron chi connectivity index (χ2n) is 4.66. The van der Waals surface area contributed by atoms with Crippen LogP contribution in [0.2, 0.25) is 0 Å². The van der Waals surface area contributed by atoms with Gasteiger partial charge < -0.3 is 24.5 Å². The van der Waals surface area contributed by atoms with Gasteiger partial charge in [0.05, 0.1) is 25.6 Å². The first-order valence-electron chi connectivity index (χ1n) is 6.60. The zero-order valence-corrected chi connectivity index (χ0v) is 12.1. The largest absolute Gasteiger partial charge is 0.548 e. The fraction of sp³-hybridized carbons (Fsp3) is 0.333. The van der Waals surface area contributed by atoms with E-state index >= 15 is 0 Å². The van der Waals surface area contributed by atoms with E-state index in [1.54, 1.807) is 13.0 Å². The Morgan fingerprint density at radius 3 is 2.52 bits per heavy atom. The van der Waals surface area contributed by atoms with Crippen molar-refractivity contribution >= 4 is 11.9 Å². The summed E-state index contributed by atoms with van der Waals surface area (Å²) >= 11 is 0. The van der Waals surface area contributed by atoms with Gasteiger partial charge >= 0.3 is 0 Å². The summed E-state index contributed by atoms with van der Waals surface area (Å²) in [6.07, 6.45) is 3.64. The predicted octanol–water partition coefficient (Wildman–Crippen LogP) is -1.18. The van der Waals surface area contributed by atoms with E-state index in [2.05, 4.69) is 18.5 Å².